The van der Waals surface area contributed by atoms with Gasteiger partial charge in [0.15, 0.2) is 0 Å². The second-order valence-corrected chi connectivity index (χ2v) is 15.5. The zero-order valence-electron chi connectivity index (χ0n) is 28.6. The summed E-state index contributed by atoms with van der Waals surface area (Å²) in [6, 6.07) is 15.8. The number of amidine groups is 1. The fourth-order valence-electron chi connectivity index (χ4n) is 6.00. The molecule has 2 heterocycles. The summed E-state index contributed by atoms with van der Waals surface area (Å²) in [7, 11) is -0.927. The third kappa shape index (κ3) is 8.06. The highest BCUT2D eigenvalue weighted by Gasteiger charge is 2.45. The minimum Gasteiger partial charge on any atom is -0.493 e. The quantitative estimate of drug-likeness (QED) is 0.267. The molecule has 3 aromatic carbocycles. The molecule has 2 aliphatic rings. The summed E-state index contributed by atoms with van der Waals surface area (Å²) in [5, 5.41) is 1.03. The largest absolute Gasteiger partial charge is 0.493 e. The summed E-state index contributed by atoms with van der Waals surface area (Å²) in [4.78, 5) is 39.8. The molecular weight excluding hydrogens is 723 g/mol. The van der Waals surface area contributed by atoms with E-state index in [0.29, 0.717) is 36.2 Å². The maximum Gasteiger partial charge on any atom is 0.326 e. The number of carbonyl (C=O) groups is 2. The number of hydrogen-bond acceptors (Lipinski definition) is 7. The molecule has 0 aromatic heterocycles. The number of nitrogens with one attached hydrogen (secondary N) is 1. The number of sulfonamides is 1. The van der Waals surface area contributed by atoms with Crippen LogP contribution >= 0.6 is 34.8 Å². The second-order valence-electron chi connectivity index (χ2n) is 12.4. The molecule has 0 bridgehead atoms. The monoisotopic (exact) mass is 762 g/mol. The van der Waals surface area contributed by atoms with E-state index in [2.05, 4.69) is 4.72 Å². The van der Waals surface area contributed by atoms with Gasteiger partial charge in [-0.05, 0) is 69.3 Å². The van der Waals surface area contributed by atoms with Gasteiger partial charge < -0.3 is 14.5 Å². The SMILES string of the molecule is CCOc1cc(Cl)c(S(=O)(=O)NC)cc1C1=N[C@@H](c2ccc(Cl)cc2)[C@@H](c2ccc(Cl)cc2)N1C(=O)N1CCN(CC(=O)N(C)C(C)C)CC1. The Hall–Kier alpha value is -3.39. The van der Waals surface area contributed by atoms with Crippen molar-refractivity contribution in [3.8, 4) is 5.75 Å². The Morgan fingerprint density at radius 2 is 1.54 bits per heavy atom. The van der Waals surface area contributed by atoms with E-state index in [1.807, 2.05) is 43.0 Å². The Morgan fingerprint density at radius 1 is 0.960 bits per heavy atom. The van der Waals surface area contributed by atoms with E-state index in [4.69, 9.17) is 44.5 Å². The Bertz CT molecular complexity index is 1850. The fourth-order valence-corrected chi connectivity index (χ4v) is 7.51. The molecule has 0 radical (unpaired) electrons. The number of halogens is 3. The number of piperazine rings is 1. The van der Waals surface area contributed by atoms with Gasteiger partial charge in [-0.25, -0.2) is 17.9 Å². The molecule has 268 valence electrons. The third-order valence-corrected chi connectivity index (χ3v) is 11.4. The molecule has 50 heavy (non-hydrogen) atoms. The Balaban J connectivity index is 1.63. The van der Waals surface area contributed by atoms with Gasteiger partial charge in [-0.15, -0.1) is 0 Å². The Morgan fingerprint density at radius 3 is 2.08 bits per heavy atom. The maximum atomic E-state index is 14.9. The van der Waals surface area contributed by atoms with Crippen LogP contribution in [-0.4, -0.2) is 105 Å². The summed E-state index contributed by atoms with van der Waals surface area (Å²) in [6.45, 7) is 7.93. The minimum absolute atomic E-state index is 0.0147. The summed E-state index contributed by atoms with van der Waals surface area (Å²) in [5.74, 6) is 0.507. The van der Waals surface area contributed by atoms with E-state index in [0.717, 1.165) is 11.1 Å². The van der Waals surface area contributed by atoms with Crippen LogP contribution in [0.15, 0.2) is 70.6 Å². The number of hydrogen-bond donors (Lipinski definition) is 1. The van der Waals surface area contributed by atoms with Gasteiger partial charge >= 0.3 is 6.03 Å². The number of likely N-dealkylation sites (N-methyl/N-ethyl adjacent to an activating group) is 1. The number of aliphatic imine (C=N–C) groups is 1. The summed E-state index contributed by atoms with van der Waals surface area (Å²) < 4.78 is 34.6. The molecule has 11 nitrogen and oxygen atoms in total. The molecule has 15 heteroatoms. The first-order valence-electron chi connectivity index (χ1n) is 16.3. The van der Waals surface area contributed by atoms with Crippen LogP contribution in [0, 0.1) is 0 Å². The van der Waals surface area contributed by atoms with Crippen LogP contribution in [-0.2, 0) is 14.8 Å². The van der Waals surface area contributed by atoms with Crippen LogP contribution < -0.4 is 9.46 Å². The van der Waals surface area contributed by atoms with E-state index >= 15 is 0 Å². The van der Waals surface area contributed by atoms with Crippen molar-refractivity contribution in [3.63, 3.8) is 0 Å². The summed E-state index contributed by atoms with van der Waals surface area (Å²) in [5.41, 5.74) is 1.84. The molecular formula is C35H41Cl3N6O5S. The van der Waals surface area contributed by atoms with Gasteiger partial charge in [-0.2, -0.15) is 0 Å². The number of benzene rings is 3. The van der Waals surface area contributed by atoms with Crippen molar-refractivity contribution in [2.45, 2.75) is 43.8 Å². The van der Waals surface area contributed by atoms with Gasteiger partial charge in [0.1, 0.15) is 22.5 Å². The first-order chi connectivity index (χ1) is 23.7. The van der Waals surface area contributed by atoms with Crippen molar-refractivity contribution in [2.75, 3.05) is 53.4 Å². The van der Waals surface area contributed by atoms with Gasteiger partial charge in [0.05, 0.1) is 29.8 Å². The lowest BCUT2D eigenvalue weighted by Gasteiger charge is -2.39. The highest BCUT2D eigenvalue weighted by Crippen LogP contribution is 2.46. The topological polar surface area (TPSA) is 115 Å². The molecule has 3 aromatic rings. The molecule has 1 fully saturated rings. The normalized spacial score (nSPS) is 18.4. The number of nitrogens with zero attached hydrogens (tertiary/aromatic N) is 5. The van der Waals surface area contributed by atoms with Crippen LogP contribution in [0.4, 0.5) is 4.79 Å². The zero-order valence-corrected chi connectivity index (χ0v) is 31.7. The average molecular weight is 764 g/mol. The summed E-state index contributed by atoms with van der Waals surface area (Å²) in [6.07, 6.45) is 0. The Kier molecular flexibility index (Phi) is 12.0. The van der Waals surface area contributed by atoms with Crippen molar-refractivity contribution in [1.82, 2.24) is 24.3 Å². The molecule has 0 spiro atoms. The second kappa shape index (κ2) is 15.9. The van der Waals surface area contributed by atoms with Crippen molar-refractivity contribution in [2.24, 2.45) is 4.99 Å². The molecule has 0 unspecified atom stereocenters. The first-order valence-corrected chi connectivity index (χ1v) is 18.9. The smallest absolute Gasteiger partial charge is 0.326 e. The molecule has 1 saturated heterocycles. The van der Waals surface area contributed by atoms with Gasteiger partial charge in [0.25, 0.3) is 0 Å². The lowest BCUT2D eigenvalue weighted by molar-refractivity contribution is -0.132. The van der Waals surface area contributed by atoms with Crippen LogP contribution in [0.3, 0.4) is 0 Å². The molecule has 2 aliphatic heterocycles. The van der Waals surface area contributed by atoms with E-state index in [9.17, 15) is 18.0 Å². The third-order valence-electron chi connectivity index (χ3n) is 9.00. The van der Waals surface area contributed by atoms with Gasteiger partial charge in [0.2, 0.25) is 15.9 Å². The fraction of sp³-hybridized carbons (Fsp3) is 0.400. The van der Waals surface area contributed by atoms with Crippen LogP contribution in [0.5, 0.6) is 5.75 Å². The van der Waals surface area contributed by atoms with E-state index < -0.39 is 22.1 Å². The maximum absolute atomic E-state index is 14.9. The first kappa shape index (κ1) is 37.9. The highest BCUT2D eigenvalue weighted by molar-refractivity contribution is 7.89. The number of urea groups is 1. The van der Waals surface area contributed by atoms with E-state index in [-0.39, 0.29) is 58.2 Å². The predicted octanol–water partition coefficient (Wildman–Crippen LogP) is 6.10. The van der Waals surface area contributed by atoms with Crippen molar-refractivity contribution in [1.29, 1.82) is 0 Å². The molecule has 0 saturated carbocycles. The number of amides is 3. The molecule has 2 atom stereocenters. The standard InChI is InChI=1S/C35H41Cl3N6O5S/c1-6-49-29-20-28(38)30(50(47,48)39-4)19-27(29)34-40-32(23-7-11-25(36)12-8-23)33(24-9-13-26(37)14-10-24)44(34)35(46)43-17-15-42(16-18-43)21-31(45)41(5)22(2)3/h7-14,19-20,22,32-33,39H,6,15-18,21H2,1-5H3/t32-,33+/m0/s1. The molecule has 0 aliphatic carbocycles. The van der Waals surface area contributed by atoms with Crippen molar-refractivity contribution in [3.05, 3.63) is 92.4 Å². The highest BCUT2D eigenvalue weighted by atomic mass is 35.5. The van der Waals surface area contributed by atoms with Crippen molar-refractivity contribution < 1.29 is 22.7 Å². The van der Waals surface area contributed by atoms with E-state index in [1.165, 1.54) is 19.2 Å². The van der Waals surface area contributed by atoms with Gasteiger partial charge in [0, 0.05) is 55.4 Å². The van der Waals surface area contributed by atoms with Crippen LogP contribution in [0.2, 0.25) is 15.1 Å². The van der Waals surface area contributed by atoms with Crippen LogP contribution in [0.1, 0.15) is 49.5 Å². The molecule has 5 rings (SSSR count). The molecule has 1 N–H and O–H groups in total. The summed E-state index contributed by atoms with van der Waals surface area (Å²) >= 11 is 19.1. The predicted molar refractivity (Wildman–Crippen MR) is 197 cm³/mol. The zero-order chi connectivity index (χ0) is 36.3. The number of rotatable bonds is 10. The van der Waals surface area contributed by atoms with E-state index in [1.54, 1.807) is 52.9 Å². The minimum atomic E-state index is -4.01. The Labute approximate surface area is 308 Å². The van der Waals surface area contributed by atoms with Crippen LogP contribution in [0.25, 0.3) is 0 Å². The lowest BCUT2D eigenvalue weighted by atomic mass is 9.93. The van der Waals surface area contributed by atoms with Gasteiger partial charge in [-0.1, -0.05) is 59.1 Å². The van der Waals surface area contributed by atoms with Gasteiger partial charge in [-0.3, -0.25) is 19.6 Å². The number of ether oxygens (including phenoxy) is 1. The number of carbonyl (C=O) groups excluding carboxylic acids is 2. The molecule has 3 amide bonds. The lowest BCUT2D eigenvalue weighted by Crippen LogP contribution is -2.55. The average Bonchev–Trinajstić information content (AvgIpc) is 3.49. The van der Waals surface area contributed by atoms with Crippen molar-refractivity contribution >= 4 is 62.6 Å².